The molecule has 3 aromatic rings. The van der Waals surface area contributed by atoms with Crippen LogP contribution in [0.1, 0.15) is 49.2 Å². The molecule has 10 nitrogen and oxygen atoms in total. The summed E-state index contributed by atoms with van der Waals surface area (Å²) < 4.78 is 10.5. The third kappa shape index (κ3) is 6.06. The molecule has 1 fully saturated rings. The SMILES string of the molecule is COC(=O)Nc1ccc2c(c1)NC(=O)CC/C=C/C[C@H](N1CCC(c3cccc(Cl)c3)OC1=O)c1ncc-2[nH]1. The van der Waals surface area contributed by atoms with Gasteiger partial charge in [-0.2, -0.15) is 0 Å². The Morgan fingerprint density at radius 2 is 2.08 bits per heavy atom. The number of nitrogens with one attached hydrogen (secondary N) is 3. The van der Waals surface area contributed by atoms with Crippen LogP contribution in [0.4, 0.5) is 21.0 Å². The lowest BCUT2D eigenvalue weighted by atomic mass is 10.0. The van der Waals surface area contributed by atoms with Crippen molar-refractivity contribution in [3.8, 4) is 11.3 Å². The van der Waals surface area contributed by atoms with Gasteiger partial charge in [-0.05, 0) is 48.7 Å². The number of benzene rings is 2. The Kier molecular flexibility index (Phi) is 7.83. The number of methoxy groups -OCH3 is 1. The first-order valence-electron chi connectivity index (χ1n) is 12.6. The first-order chi connectivity index (χ1) is 18.9. The summed E-state index contributed by atoms with van der Waals surface area (Å²) in [7, 11) is 1.28. The van der Waals surface area contributed by atoms with Gasteiger partial charge in [-0.3, -0.25) is 15.0 Å². The summed E-state index contributed by atoms with van der Waals surface area (Å²) >= 11 is 6.14. The highest BCUT2D eigenvalue weighted by molar-refractivity contribution is 6.30. The molecule has 3 amide bonds. The van der Waals surface area contributed by atoms with E-state index in [9.17, 15) is 14.4 Å². The Balaban J connectivity index is 1.43. The van der Waals surface area contributed by atoms with Crippen molar-refractivity contribution in [2.75, 3.05) is 24.3 Å². The van der Waals surface area contributed by atoms with Crippen LogP contribution < -0.4 is 10.6 Å². The van der Waals surface area contributed by atoms with E-state index in [0.717, 1.165) is 5.56 Å². The number of carbonyl (C=O) groups excluding carboxylic acids is 3. The highest BCUT2D eigenvalue weighted by atomic mass is 35.5. The number of cyclic esters (lactones) is 1. The number of hydrogen-bond donors (Lipinski definition) is 3. The molecule has 0 spiro atoms. The molecule has 3 heterocycles. The van der Waals surface area contributed by atoms with Gasteiger partial charge in [0.05, 0.1) is 30.7 Å². The van der Waals surface area contributed by atoms with E-state index in [4.69, 9.17) is 16.3 Å². The van der Waals surface area contributed by atoms with Crippen LogP contribution >= 0.6 is 11.6 Å². The molecule has 2 aliphatic heterocycles. The molecule has 0 radical (unpaired) electrons. The van der Waals surface area contributed by atoms with Crippen LogP contribution in [0, 0.1) is 0 Å². The minimum Gasteiger partial charge on any atom is -0.453 e. The average Bonchev–Trinajstić information content (AvgIpc) is 3.40. The Bertz CT molecular complexity index is 1420. The summed E-state index contributed by atoms with van der Waals surface area (Å²) in [4.78, 5) is 47.2. The average molecular weight is 550 g/mol. The van der Waals surface area contributed by atoms with Crippen molar-refractivity contribution in [2.24, 2.45) is 0 Å². The van der Waals surface area contributed by atoms with Crippen molar-refractivity contribution in [3.63, 3.8) is 0 Å². The molecule has 5 rings (SSSR count). The lowest BCUT2D eigenvalue weighted by Crippen LogP contribution is -2.41. The van der Waals surface area contributed by atoms with Crippen LogP contribution in [0.2, 0.25) is 5.02 Å². The van der Waals surface area contributed by atoms with Gasteiger partial charge >= 0.3 is 12.2 Å². The molecule has 1 aromatic heterocycles. The number of amides is 3. The fourth-order valence-corrected chi connectivity index (χ4v) is 4.95. The molecular formula is C28H28ClN5O5. The van der Waals surface area contributed by atoms with E-state index in [0.29, 0.717) is 59.3 Å². The molecule has 2 bridgehead atoms. The fraction of sp³-hybridized carbons (Fsp3) is 0.286. The number of carbonyl (C=O) groups is 3. The lowest BCUT2D eigenvalue weighted by Gasteiger charge is -2.36. The van der Waals surface area contributed by atoms with E-state index in [1.54, 1.807) is 35.4 Å². The van der Waals surface area contributed by atoms with Gasteiger partial charge in [-0.1, -0.05) is 35.9 Å². The second kappa shape index (κ2) is 11.6. The van der Waals surface area contributed by atoms with E-state index < -0.39 is 18.2 Å². The second-order valence-corrected chi connectivity index (χ2v) is 9.71. The number of anilines is 2. The summed E-state index contributed by atoms with van der Waals surface area (Å²) in [6.07, 6.45) is 6.04. The van der Waals surface area contributed by atoms with Gasteiger partial charge in [0, 0.05) is 35.7 Å². The number of aromatic nitrogens is 2. The molecule has 2 atom stereocenters. The summed E-state index contributed by atoms with van der Waals surface area (Å²) in [5, 5.41) is 6.13. The number of allylic oxidation sites excluding steroid dienone is 1. The number of rotatable bonds is 3. The smallest absolute Gasteiger partial charge is 0.411 e. The molecule has 11 heteroatoms. The van der Waals surface area contributed by atoms with Crippen LogP contribution in [0.5, 0.6) is 0 Å². The highest BCUT2D eigenvalue weighted by Gasteiger charge is 2.35. The van der Waals surface area contributed by atoms with E-state index in [1.807, 2.05) is 30.4 Å². The number of nitrogens with zero attached hydrogens (tertiary/aromatic N) is 2. The molecule has 39 heavy (non-hydrogen) atoms. The first-order valence-corrected chi connectivity index (χ1v) is 13.0. The number of H-pyrrole nitrogens is 1. The normalized spacial score (nSPS) is 20.3. The van der Waals surface area contributed by atoms with Crippen molar-refractivity contribution < 1.29 is 23.9 Å². The lowest BCUT2D eigenvalue weighted by molar-refractivity contribution is -0.116. The molecular weight excluding hydrogens is 522 g/mol. The number of imidazole rings is 1. The maximum Gasteiger partial charge on any atom is 0.411 e. The van der Waals surface area contributed by atoms with E-state index in [1.165, 1.54) is 7.11 Å². The Morgan fingerprint density at radius 3 is 2.87 bits per heavy atom. The van der Waals surface area contributed by atoms with Gasteiger partial charge in [0.15, 0.2) is 0 Å². The van der Waals surface area contributed by atoms with Crippen molar-refractivity contribution in [2.45, 2.75) is 37.8 Å². The first kappa shape index (κ1) is 26.3. The number of fused-ring (bicyclic) bond motifs is 4. The molecule has 1 unspecified atom stereocenters. The zero-order valence-corrected chi connectivity index (χ0v) is 22.0. The molecule has 2 aromatic carbocycles. The number of halogens is 1. The number of hydrogen-bond acceptors (Lipinski definition) is 6. The predicted octanol–water partition coefficient (Wildman–Crippen LogP) is 6.21. The van der Waals surface area contributed by atoms with Crippen LogP contribution in [0.25, 0.3) is 11.3 Å². The molecule has 1 saturated heterocycles. The van der Waals surface area contributed by atoms with Gasteiger partial charge < -0.3 is 19.8 Å². The van der Waals surface area contributed by atoms with Gasteiger partial charge in [-0.15, -0.1) is 0 Å². The van der Waals surface area contributed by atoms with Gasteiger partial charge in [0.2, 0.25) is 5.91 Å². The maximum atomic E-state index is 13.2. The number of aromatic amines is 1. The van der Waals surface area contributed by atoms with Crippen LogP contribution in [-0.4, -0.2) is 46.6 Å². The molecule has 2 aliphatic rings. The van der Waals surface area contributed by atoms with Gasteiger partial charge in [0.25, 0.3) is 0 Å². The minimum atomic E-state index is -0.617. The van der Waals surface area contributed by atoms with Gasteiger partial charge in [0.1, 0.15) is 11.9 Å². The second-order valence-electron chi connectivity index (χ2n) is 9.28. The Labute approximate surface area is 230 Å². The molecule has 202 valence electrons. The van der Waals surface area contributed by atoms with Crippen molar-refractivity contribution in [3.05, 3.63) is 77.2 Å². The zero-order chi connectivity index (χ0) is 27.4. The van der Waals surface area contributed by atoms with Crippen LogP contribution in [0.15, 0.2) is 60.8 Å². The summed E-state index contributed by atoms with van der Waals surface area (Å²) in [6, 6.07) is 12.1. The third-order valence-electron chi connectivity index (χ3n) is 6.70. The van der Waals surface area contributed by atoms with E-state index >= 15 is 0 Å². The zero-order valence-electron chi connectivity index (χ0n) is 21.3. The van der Waals surface area contributed by atoms with Crippen molar-refractivity contribution in [1.29, 1.82) is 0 Å². The highest BCUT2D eigenvalue weighted by Crippen LogP contribution is 2.36. The molecule has 3 N–H and O–H groups in total. The van der Waals surface area contributed by atoms with E-state index in [2.05, 4.69) is 25.3 Å². The van der Waals surface area contributed by atoms with Gasteiger partial charge in [-0.25, -0.2) is 14.6 Å². The maximum absolute atomic E-state index is 13.2. The van der Waals surface area contributed by atoms with Crippen LogP contribution in [-0.2, 0) is 14.3 Å². The standard InChI is InChI=1S/C28H28ClN5O5/c1-38-27(36)31-19-10-11-20-21(15-19)32-25(35)9-4-2-3-8-23(26-30-16-22(20)33-26)34-13-12-24(39-28(34)37)17-6-5-7-18(29)14-17/h2-3,5-7,10-11,14-16,23-24H,4,8-9,12-13H2,1H3,(H,30,33)(H,31,36)(H,32,35)/b3-2+/t23-,24?/m0/s1. The summed E-state index contributed by atoms with van der Waals surface area (Å²) in [5.74, 6) is 0.430. The third-order valence-corrected chi connectivity index (χ3v) is 6.93. The van der Waals surface area contributed by atoms with E-state index in [-0.39, 0.29) is 18.4 Å². The molecule has 0 aliphatic carbocycles. The Morgan fingerprint density at radius 1 is 1.21 bits per heavy atom. The monoisotopic (exact) mass is 549 g/mol. The quantitative estimate of drug-likeness (QED) is 0.333. The summed E-state index contributed by atoms with van der Waals surface area (Å²) in [6.45, 7) is 0.476. The predicted molar refractivity (Wildman–Crippen MR) is 146 cm³/mol. The topological polar surface area (TPSA) is 126 Å². The van der Waals surface area contributed by atoms with Crippen molar-refractivity contribution >= 4 is 41.1 Å². The van der Waals surface area contributed by atoms with Crippen molar-refractivity contribution in [1.82, 2.24) is 14.9 Å². The summed E-state index contributed by atoms with van der Waals surface area (Å²) in [5.41, 5.74) is 3.17. The largest absolute Gasteiger partial charge is 0.453 e. The minimum absolute atomic E-state index is 0.168. The fourth-order valence-electron chi connectivity index (χ4n) is 4.75. The van der Waals surface area contributed by atoms with Crippen LogP contribution in [0.3, 0.4) is 0 Å². The Hall–Kier alpha value is -4.31. The molecule has 0 saturated carbocycles. The number of ether oxygens (including phenoxy) is 2.